The number of aryl methyl sites for hydroxylation is 1. The first-order valence-corrected chi connectivity index (χ1v) is 5.36. The van der Waals surface area contributed by atoms with E-state index in [-0.39, 0.29) is 6.23 Å². The largest absolute Gasteiger partial charge is 0.373 e. The molecule has 1 aliphatic heterocycles. The van der Waals surface area contributed by atoms with Gasteiger partial charge in [-0.05, 0) is 30.0 Å². The topological polar surface area (TPSA) is 32.3 Å². The van der Waals surface area contributed by atoms with Gasteiger partial charge < -0.3 is 10.4 Å². The minimum atomic E-state index is -0.383. The normalized spacial score (nSPS) is 19.1. The Morgan fingerprint density at radius 3 is 3.14 bits per heavy atom. The highest BCUT2D eigenvalue weighted by atomic mass is 16.3. The fourth-order valence-corrected chi connectivity index (χ4v) is 1.93. The molecule has 0 fully saturated rings. The average molecular weight is 191 g/mol. The van der Waals surface area contributed by atoms with Crippen molar-refractivity contribution < 1.29 is 5.11 Å². The second kappa shape index (κ2) is 4.01. The van der Waals surface area contributed by atoms with Crippen LogP contribution in [0.1, 0.15) is 30.9 Å². The van der Waals surface area contributed by atoms with Crippen LogP contribution >= 0.6 is 0 Å². The molecule has 2 heteroatoms. The van der Waals surface area contributed by atoms with Crippen LogP contribution in [0.25, 0.3) is 0 Å². The molecular formula is C12H17NO. The Labute approximate surface area is 85.0 Å². The zero-order chi connectivity index (χ0) is 9.97. The SMILES string of the molecule is CCCCc1ccc2c(c1)CC(O)N2. The van der Waals surface area contributed by atoms with Crippen LogP contribution in [-0.2, 0) is 12.8 Å². The zero-order valence-corrected chi connectivity index (χ0v) is 8.59. The number of nitrogens with one attached hydrogen (secondary N) is 1. The lowest BCUT2D eigenvalue weighted by Crippen LogP contribution is -2.12. The molecule has 0 spiro atoms. The van der Waals surface area contributed by atoms with Gasteiger partial charge in [0.05, 0.1) is 0 Å². The number of hydrogen-bond acceptors (Lipinski definition) is 2. The molecule has 2 rings (SSSR count). The van der Waals surface area contributed by atoms with E-state index >= 15 is 0 Å². The molecule has 0 radical (unpaired) electrons. The minimum Gasteiger partial charge on any atom is -0.373 e. The van der Waals surface area contributed by atoms with Crippen LogP contribution in [0, 0.1) is 0 Å². The maximum atomic E-state index is 9.41. The average Bonchev–Trinajstić information content (AvgIpc) is 2.54. The van der Waals surface area contributed by atoms with Crippen molar-refractivity contribution >= 4 is 5.69 Å². The number of fused-ring (bicyclic) bond motifs is 1. The summed E-state index contributed by atoms with van der Waals surface area (Å²) in [5.74, 6) is 0. The van der Waals surface area contributed by atoms with Gasteiger partial charge in [0.1, 0.15) is 6.23 Å². The molecular weight excluding hydrogens is 174 g/mol. The van der Waals surface area contributed by atoms with Gasteiger partial charge in [0, 0.05) is 12.1 Å². The van der Waals surface area contributed by atoms with Crippen LogP contribution < -0.4 is 5.32 Å². The van der Waals surface area contributed by atoms with Crippen LogP contribution in [-0.4, -0.2) is 11.3 Å². The third-order valence-corrected chi connectivity index (χ3v) is 2.72. The summed E-state index contributed by atoms with van der Waals surface area (Å²) in [6.07, 6.45) is 3.99. The third-order valence-electron chi connectivity index (χ3n) is 2.72. The summed E-state index contributed by atoms with van der Waals surface area (Å²) in [6.45, 7) is 2.21. The molecule has 1 aromatic carbocycles. The summed E-state index contributed by atoms with van der Waals surface area (Å²) < 4.78 is 0. The Morgan fingerprint density at radius 1 is 1.50 bits per heavy atom. The zero-order valence-electron chi connectivity index (χ0n) is 8.59. The fourth-order valence-electron chi connectivity index (χ4n) is 1.93. The van der Waals surface area contributed by atoms with Crippen LogP contribution in [0.15, 0.2) is 18.2 Å². The smallest absolute Gasteiger partial charge is 0.128 e. The molecule has 1 unspecified atom stereocenters. The lowest BCUT2D eigenvalue weighted by molar-refractivity contribution is 0.212. The second-order valence-electron chi connectivity index (χ2n) is 3.96. The van der Waals surface area contributed by atoms with E-state index < -0.39 is 0 Å². The van der Waals surface area contributed by atoms with E-state index in [4.69, 9.17) is 0 Å². The lowest BCUT2D eigenvalue weighted by Gasteiger charge is -2.03. The van der Waals surface area contributed by atoms with Gasteiger partial charge in [-0.25, -0.2) is 0 Å². The Morgan fingerprint density at radius 2 is 2.36 bits per heavy atom. The highest BCUT2D eigenvalue weighted by Crippen LogP contribution is 2.26. The van der Waals surface area contributed by atoms with Crippen LogP contribution in [0.2, 0.25) is 0 Å². The number of hydrogen-bond donors (Lipinski definition) is 2. The summed E-state index contributed by atoms with van der Waals surface area (Å²) in [5.41, 5.74) is 3.74. The van der Waals surface area contributed by atoms with Crippen molar-refractivity contribution in [3.63, 3.8) is 0 Å². The van der Waals surface area contributed by atoms with Crippen molar-refractivity contribution in [1.82, 2.24) is 0 Å². The van der Waals surface area contributed by atoms with E-state index in [2.05, 4.69) is 30.4 Å². The van der Waals surface area contributed by atoms with Crippen molar-refractivity contribution in [3.8, 4) is 0 Å². The molecule has 2 nitrogen and oxygen atoms in total. The molecule has 1 aliphatic rings. The standard InChI is InChI=1S/C12H17NO/c1-2-3-4-9-5-6-11-10(7-9)8-12(14)13-11/h5-7,12-14H,2-4,8H2,1H3. The number of aliphatic hydroxyl groups excluding tert-OH is 1. The Balaban J connectivity index is 2.12. The van der Waals surface area contributed by atoms with E-state index in [9.17, 15) is 5.11 Å². The minimum absolute atomic E-state index is 0.383. The molecule has 1 heterocycles. The van der Waals surface area contributed by atoms with Gasteiger partial charge in [-0.15, -0.1) is 0 Å². The molecule has 14 heavy (non-hydrogen) atoms. The maximum Gasteiger partial charge on any atom is 0.128 e. The van der Waals surface area contributed by atoms with Gasteiger partial charge in [-0.1, -0.05) is 25.5 Å². The monoisotopic (exact) mass is 191 g/mol. The number of unbranched alkanes of at least 4 members (excludes halogenated alkanes) is 1. The fraction of sp³-hybridized carbons (Fsp3) is 0.500. The van der Waals surface area contributed by atoms with Crippen molar-refractivity contribution in [2.75, 3.05) is 5.32 Å². The number of anilines is 1. The van der Waals surface area contributed by atoms with E-state index in [1.54, 1.807) is 0 Å². The second-order valence-corrected chi connectivity index (χ2v) is 3.96. The van der Waals surface area contributed by atoms with Crippen molar-refractivity contribution in [2.45, 2.75) is 38.8 Å². The Kier molecular flexibility index (Phi) is 2.73. The van der Waals surface area contributed by atoms with Gasteiger partial charge >= 0.3 is 0 Å². The van der Waals surface area contributed by atoms with Crippen molar-refractivity contribution in [1.29, 1.82) is 0 Å². The first-order chi connectivity index (χ1) is 6.79. The third kappa shape index (κ3) is 1.90. The molecule has 0 amide bonds. The summed E-state index contributed by atoms with van der Waals surface area (Å²) >= 11 is 0. The van der Waals surface area contributed by atoms with Crippen LogP contribution in [0.5, 0.6) is 0 Å². The molecule has 0 saturated heterocycles. The van der Waals surface area contributed by atoms with Gasteiger partial charge in [0.15, 0.2) is 0 Å². The summed E-state index contributed by atoms with van der Waals surface area (Å²) in [4.78, 5) is 0. The number of rotatable bonds is 3. The molecule has 0 saturated carbocycles. The summed E-state index contributed by atoms with van der Waals surface area (Å²) in [7, 11) is 0. The van der Waals surface area contributed by atoms with Crippen LogP contribution in [0.3, 0.4) is 0 Å². The number of aliphatic hydroxyl groups is 1. The van der Waals surface area contributed by atoms with Crippen molar-refractivity contribution in [3.05, 3.63) is 29.3 Å². The van der Waals surface area contributed by atoms with Gasteiger partial charge in [-0.3, -0.25) is 0 Å². The number of benzene rings is 1. The highest BCUT2D eigenvalue weighted by molar-refractivity contribution is 5.57. The van der Waals surface area contributed by atoms with Gasteiger partial charge in [0.25, 0.3) is 0 Å². The quantitative estimate of drug-likeness (QED) is 0.768. The molecule has 0 aromatic heterocycles. The molecule has 1 atom stereocenters. The molecule has 1 aromatic rings. The lowest BCUT2D eigenvalue weighted by atomic mass is 10.0. The molecule has 76 valence electrons. The van der Waals surface area contributed by atoms with Crippen LogP contribution in [0.4, 0.5) is 5.69 Å². The van der Waals surface area contributed by atoms with Gasteiger partial charge in [0.2, 0.25) is 0 Å². The Hall–Kier alpha value is -1.02. The first kappa shape index (κ1) is 9.53. The van der Waals surface area contributed by atoms with E-state index in [0.29, 0.717) is 0 Å². The summed E-state index contributed by atoms with van der Waals surface area (Å²) in [5, 5.41) is 12.4. The van der Waals surface area contributed by atoms with E-state index in [0.717, 1.165) is 18.5 Å². The molecule has 2 N–H and O–H groups in total. The highest BCUT2D eigenvalue weighted by Gasteiger charge is 2.17. The van der Waals surface area contributed by atoms with E-state index in [1.165, 1.54) is 24.0 Å². The van der Waals surface area contributed by atoms with E-state index in [1.807, 2.05) is 0 Å². The predicted octanol–water partition coefficient (Wildman–Crippen LogP) is 2.32. The van der Waals surface area contributed by atoms with Gasteiger partial charge in [-0.2, -0.15) is 0 Å². The summed E-state index contributed by atoms with van der Waals surface area (Å²) in [6, 6.07) is 6.45. The molecule has 0 aliphatic carbocycles. The predicted molar refractivity (Wildman–Crippen MR) is 58.4 cm³/mol. The van der Waals surface area contributed by atoms with Crippen molar-refractivity contribution in [2.24, 2.45) is 0 Å². The maximum absolute atomic E-state index is 9.41. The molecule has 0 bridgehead atoms. The first-order valence-electron chi connectivity index (χ1n) is 5.36. The Bertz CT molecular complexity index is 322.